The monoisotopic (exact) mass is 603 g/mol. The van der Waals surface area contributed by atoms with Gasteiger partial charge < -0.3 is 10.2 Å². The number of carbonyl (C=O) groups is 2. The van der Waals surface area contributed by atoms with E-state index in [1.165, 1.54) is 4.90 Å². The molecule has 1 fully saturated rings. The fourth-order valence-corrected chi connectivity index (χ4v) is 5.93. The predicted octanol–water partition coefficient (Wildman–Crippen LogP) is 5.08. The van der Waals surface area contributed by atoms with Crippen molar-refractivity contribution in [3.05, 3.63) is 101 Å². The van der Waals surface area contributed by atoms with Gasteiger partial charge in [0.15, 0.2) is 11.6 Å². The zero-order chi connectivity index (χ0) is 29.6. The summed E-state index contributed by atoms with van der Waals surface area (Å²) >= 11 is 6.06. The molecule has 1 aliphatic carbocycles. The van der Waals surface area contributed by atoms with Gasteiger partial charge in [0.25, 0.3) is 0 Å². The third-order valence-corrected chi connectivity index (χ3v) is 8.50. The molecule has 11 heteroatoms. The minimum atomic E-state index is -4.10. The van der Waals surface area contributed by atoms with Crippen LogP contribution in [0, 0.1) is 11.6 Å². The van der Waals surface area contributed by atoms with Gasteiger partial charge in [0, 0.05) is 30.1 Å². The molecule has 1 saturated carbocycles. The normalized spacial score (nSPS) is 14.4. The first-order chi connectivity index (χ1) is 19.5. The molecule has 3 aromatic carbocycles. The molecule has 0 spiro atoms. The highest BCUT2D eigenvalue weighted by atomic mass is 35.5. The number of nitrogens with zero attached hydrogens (tertiary/aromatic N) is 2. The van der Waals surface area contributed by atoms with Gasteiger partial charge in [-0.15, -0.1) is 0 Å². The first-order valence-corrected chi connectivity index (χ1v) is 15.5. The lowest BCUT2D eigenvalue weighted by atomic mass is 10.0. The molecule has 4 rings (SSSR count). The van der Waals surface area contributed by atoms with Crippen LogP contribution in [0.15, 0.2) is 72.8 Å². The van der Waals surface area contributed by atoms with Crippen molar-refractivity contribution in [2.24, 2.45) is 0 Å². The highest BCUT2D eigenvalue weighted by Gasteiger charge is 2.34. The maximum atomic E-state index is 14.1. The predicted molar refractivity (Wildman–Crippen MR) is 155 cm³/mol. The molecule has 1 N–H and O–H groups in total. The van der Waals surface area contributed by atoms with E-state index in [1.807, 2.05) is 30.3 Å². The van der Waals surface area contributed by atoms with Crippen LogP contribution in [0.25, 0.3) is 0 Å². The smallest absolute Gasteiger partial charge is 0.244 e. The molecule has 0 heterocycles. The number of anilines is 1. The largest absolute Gasteiger partial charge is 0.352 e. The number of sulfonamides is 1. The number of hydrogen-bond donors (Lipinski definition) is 1. The Morgan fingerprint density at radius 2 is 1.61 bits per heavy atom. The van der Waals surface area contributed by atoms with Gasteiger partial charge in [0.05, 0.1) is 11.9 Å². The van der Waals surface area contributed by atoms with Crippen molar-refractivity contribution < 1.29 is 26.8 Å². The quantitative estimate of drug-likeness (QED) is 0.331. The minimum absolute atomic E-state index is 0.0111. The molecule has 2 amide bonds. The van der Waals surface area contributed by atoms with E-state index in [0.717, 1.165) is 55.7 Å². The van der Waals surface area contributed by atoms with Gasteiger partial charge in [-0.1, -0.05) is 66.9 Å². The molecule has 0 aliphatic heterocycles. The van der Waals surface area contributed by atoms with Crippen molar-refractivity contribution in [2.75, 3.05) is 17.1 Å². The van der Waals surface area contributed by atoms with E-state index in [0.29, 0.717) is 14.9 Å². The summed E-state index contributed by atoms with van der Waals surface area (Å²) < 4.78 is 53.9. The van der Waals surface area contributed by atoms with Crippen LogP contribution < -0.4 is 9.62 Å². The first kappa shape index (κ1) is 30.5. The number of nitrogens with one attached hydrogen (secondary N) is 1. The Morgan fingerprint density at radius 3 is 2.22 bits per heavy atom. The van der Waals surface area contributed by atoms with Crippen LogP contribution in [0.2, 0.25) is 5.02 Å². The van der Waals surface area contributed by atoms with E-state index in [4.69, 9.17) is 11.6 Å². The van der Waals surface area contributed by atoms with Crippen LogP contribution in [0.5, 0.6) is 0 Å². The molecule has 7 nitrogen and oxygen atoms in total. The zero-order valence-corrected chi connectivity index (χ0v) is 24.2. The summed E-state index contributed by atoms with van der Waals surface area (Å²) in [5, 5.41) is 3.57. The molecular formula is C30H32ClF2N3O4S. The lowest BCUT2D eigenvalue weighted by molar-refractivity contribution is -0.140. The van der Waals surface area contributed by atoms with E-state index in [2.05, 4.69) is 5.32 Å². The number of carbonyl (C=O) groups excluding carboxylic acids is 2. The first-order valence-electron chi connectivity index (χ1n) is 13.3. The summed E-state index contributed by atoms with van der Waals surface area (Å²) in [6.07, 6.45) is 4.74. The highest BCUT2D eigenvalue weighted by Crippen LogP contribution is 2.24. The molecule has 1 atom stereocenters. The van der Waals surface area contributed by atoms with Gasteiger partial charge in [-0.2, -0.15) is 0 Å². The van der Waals surface area contributed by atoms with E-state index < -0.39 is 40.2 Å². The van der Waals surface area contributed by atoms with Crippen molar-refractivity contribution >= 4 is 39.1 Å². The van der Waals surface area contributed by atoms with Crippen LogP contribution in [0.1, 0.15) is 36.8 Å². The SMILES string of the molecule is CS(=O)(=O)N(CC(=O)N(Cc1ccc(Cl)cc1)[C@H](Cc1ccccc1)C(=O)NC1CCCC1)c1ccc(F)c(F)c1. The topological polar surface area (TPSA) is 86.8 Å². The van der Waals surface area contributed by atoms with Gasteiger partial charge in [-0.25, -0.2) is 17.2 Å². The van der Waals surface area contributed by atoms with Crippen molar-refractivity contribution in [1.29, 1.82) is 0 Å². The Labute approximate surface area is 244 Å². The third-order valence-electron chi connectivity index (χ3n) is 7.11. The molecule has 3 aromatic rings. The average molecular weight is 604 g/mol. The molecule has 0 radical (unpaired) electrons. The van der Waals surface area contributed by atoms with Gasteiger partial charge in [0.1, 0.15) is 12.6 Å². The van der Waals surface area contributed by atoms with E-state index >= 15 is 0 Å². The van der Waals surface area contributed by atoms with Crippen molar-refractivity contribution in [3.8, 4) is 0 Å². The Balaban J connectivity index is 1.72. The van der Waals surface area contributed by atoms with Crippen molar-refractivity contribution in [1.82, 2.24) is 10.2 Å². The van der Waals surface area contributed by atoms with Gasteiger partial charge in [-0.05, 0) is 48.2 Å². The highest BCUT2D eigenvalue weighted by molar-refractivity contribution is 7.92. The van der Waals surface area contributed by atoms with Gasteiger partial charge in [0.2, 0.25) is 21.8 Å². The lowest BCUT2D eigenvalue weighted by Crippen LogP contribution is -2.54. The fraction of sp³-hybridized carbons (Fsp3) is 0.333. The lowest BCUT2D eigenvalue weighted by Gasteiger charge is -2.34. The number of amides is 2. The van der Waals surface area contributed by atoms with Crippen molar-refractivity contribution in [2.45, 2.75) is 50.7 Å². The fourth-order valence-electron chi connectivity index (χ4n) is 4.96. The Kier molecular flexibility index (Phi) is 9.99. The summed E-state index contributed by atoms with van der Waals surface area (Å²) in [7, 11) is -4.10. The van der Waals surface area contributed by atoms with Crippen LogP contribution in [0.4, 0.5) is 14.5 Å². The Morgan fingerprint density at radius 1 is 0.951 bits per heavy atom. The third kappa shape index (κ3) is 8.27. The van der Waals surface area contributed by atoms with Crippen LogP contribution in [0.3, 0.4) is 0 Å². The summed E-state index contributed by atoms with van der Waals surface area (Å²) in [5.41, 5.74) is 1.28. The second kappa shape index (κ2) is 13.4. The van der Waals surface area contributed by atoms with Gasteiger partial charge in [-0.3, -0.25) is 13.9 Å². The standard InChI is InChI=1S/C30H32ClF2N3O4S/c1-41(39,40)36(25-15-16-26(32)27(33)18-25)20-29(37)35(19-22-11-13-23(31)14-12-22)28(17-21-7-3-2-4-8-21)30(38)34-24-9-5-6-10-24/h2-4,7-8,11-16,18,24,28H,5-6,9-10,17,19-20H2,1H3,(H,34,38)/t28-/m1/s1. The zero-order valence-electron chi connectivity index (χ0n) is 22.6. The molecule has 41 heavy (non-hydrogen) atoms. The van der Waals surface area contributed by atoms with Crippen molar-refractivity contribution in [3.63, 3.8) is 0 Å². The summed E-state index contributed by atoms with van der Waals surface area (Å²) in [4.78, 5) is 29.1. The van der Waals surface area contributed by atoms with Crippen LogP contribution >= 0.6 is 11.6 Å². The number of hydrogen-bond acceptors (Lipinski definition) is 4. The summed E-state index contributed by atoms with van der Waals surface area (Å²) in [6.45, 7) is -0.736. The Hall–Kier alpha value is -3.50. The van der Waals surface area contributed by atoms with E-state index in [1.54, 1.807) is 24.3 Å². The molecule has 0 aromatic heterocycles. The summed E-state index contributed by atoms with van der Waals surface area (Å²) in [5.74, 6) is -3.43. The molecule has 0 unspecified atom stereocenters. The second-order valence-electron chi connectivity index (χ2n) is 10.2. The van der Waals surface area contributed by atoms with Crippen LogP contribution in [-0.4, -0.2) is 50.0 Å². The minimum Gasteiger partial charge on any atom is -0.352 e. The number of benzene rings is 3. The molecule has 218 valence electrons. The maximum absolute atomic E-state index is 14.1. The molecule has 0 bridgehead atoms. The van der Waals surface area contributed by atoms with Gasteiger partial charge >= 0.3 is 0 Å². The molecule has 1 aliphatic rings. The maximum Gasteiger partial charge on any atom is 0.244 e. The molecular weight excluding hydrogens is 572 g/mol. The van der Waals surface area contributed by atoms with Crippen LogP contribution in [-0.2, 0) is 32.6 Å². The van der Waals surface area contributed by atoms with E-state index in [9.17, 15) is 26.8 Å². The Bertz CT molecular complexity index is 1470. The number of halogens is 3. The molecule has 0 saturated heterocycles. The average Bonchev–Trinajstić information content (AvgIpc) is 3.45. The second-order valence-corrected chi connectivity index (χ2v) is 12.6. The number of rotatable bonds is 11. The summed E-state index contributed by atoms with van der Waals surface area (Å²) in [6, 6.07) is 17.6. The van der Waals surface area contributed by atoms with E-state index in [-0.39, 0.29) is 30.6 Å².